The standard InChI is InChI=1S/C21H32N2O5/c1-14(2)19(22-21(26)28-12-17-10-8-7-9-11-17)20(25)27-13-18(24)23(15(3)4)16(5)6/h7-11,14-16,19H,12-13H2,1-6H3,(H,22,26)/t19-/m0/s1. The molecule has 0 aliphatic heterocycles. The number of hydrogen-bond acceptors (Lipinski definition) is 5. The number of nitrogens with zero attached hydrogens (tertiary/aromatic N) is 1. The average Bonchev–Trinajstić information content (AvgIpc) is 2.62. The highest BCUT2D eigenvalue weighted by atomic mass is 16.6. The van der Waals surface area contributed by atoms with Crippen molar-refractivity contribution in [3.8, 4) is 0 Å². The molecule has 1 aromatic carbocycles. The highest BCUT2D eigenvalue weighted by Crippen LogP contribution is 2.09. The Hall–Kier alpha value is -2.57. The lowest BCUT2D eigenvalue weighted by atomic mass is 10.1. The predicted octanol–water partition coefficient (Wildman–Crippen LogP) is 3.13. The van der Waals surface area contributed by atoms with E-state index in [1.54, 1.807) is 18.7 Å². The molecule has 1 aromatic rings. The molecule has 7 heteroatoms. The van der Waals surface area contributed by atoms with Crippen molar-refractivity contribution in [3.05, 3.63) is 35.9 Å². The van der Waals surface area contributed by atoms with Gasteiger partial charge in [-0.1, -0.05) is 44.2 Å². The first-order chi connectivity index (χ1) is 13.1. The highest BCUT2D eigenvalue weighted by Gasteiger charge is 2.28. The van der Waals surface area contributed by atoms with Crippen LogP contribution in [0.4, 0.5) is 4.79 Å². The first kappa shape index (κ1) is 23.5. The van der Waals surface area contributed by atoms with E-state index in [0.717, 1.165) is 5.56 Å². The van der Waals surface area contributed by atoms with Crippen LogP contribution in [0.3, 0.4) is 0 Å². The molecule has 0 bridgehead atoms. The summed E-state index contributed by atoms with van der Waals surface area (Å²) >= 11 is 0. The molecule has 0 saturated heterocycles. The Balaban J connectivity index is 2.58. The average molecular weight is 392 g/mol. The monoisotopic (exact) mass is 392 g/mol. The van der Waals surface area contributed by atoms with Crippen molar-refractivity contribution in [3.63, 3.8) is 0 Å². The lowest BCUT2D eigenvalue weighted by molar-refractivity contribution is -0.156. The number of carbonyl (C=O) groups is 3. The topological polar surface area (TPSA) is 84.9 Å². The lowest BCUT2D eigenvalue weighted by Gasteiger charge is -2.30. The number of carbonyl (C=O) groups excluding carboxylic acids is 3. The fourth-order valence-corrected chi connectivity index (χ4v) is 2.86. The minimum Gasteiger partial charge on any atom is -0.454 e. The third kappa shape index (κ3) is 7.58. The van der Waals surface area contributed by atoms with E-state index in [-0.39, 0.29) is 37.1 Å². The van der Waals surface area contributed by atoms with Crippen LogP contribution in [0.15, 0.2) is 30.3 Å². The normalized spacial score (nSPS) is 12.0. The van der Waals surface area contributed by atoms with Gasteiger partial charge in [-0.15, -0.1) is 0 Å². The van der Waals surface area contributed by atoms with Crippen molar-refractivity contribution in [2.24, 2.45) is 5.92 Å². The molecule has 0 unspecified atom stereocenters. The molecule has 2 amide bonds. The lowest BCUT2D eigenvalue weighted by Crippen LogP contribution is -2.48. The van der Waals surface area contributed by atoms with E-state index >= 15 is 0 Å². The summed E-state index contributed by atoms with van der Waals surface area (Å²) in [6.07, 6.45) is -0.711. The molecule has 0 aromatic heterocycles. The molecule has 0 spiro atoms. The smallest absolute Gasteiger partial charge is 0.408 e. The molecule has 1 rings (SSSR count). The Morgan fingerprint density at radius 2 is 1.50 bits per heavy atom. The van der Waals surface area contributed by atoms with Crippen LogP contribution in [0.1, 0.15) is 47.1 Å². The van der Waals surface area contributed by atoms with Crippen molar-refractivity contribution >= 4 is 18.0 Å². The van der Waals surface area contributed by atoms with Crippen LogP contribution in [0.25, 0.3) is 0 Å². The van der Waals surface area contributed by atoms with Crippen molar-refractivity contribution in [2.45, 2.75) is 66.3 Å². The number of benzene rings is 1. The molecule has 0 aliphatic rings. The molecule has 0 radical (unpaired) electrons. The molecule has 0 saturated carbocycles. The number of amides is 2. The van der Waals surface area contributed by atoms with Crippen molar-refractivity contribution < 1.29 is 23.9 Å². The van der Waals surface area contributed by atoms with E-state index in [1.165, 1.54) is 0 Å². The summed E-state index contributed by atoms with van der Waals surface area (Å²) in [6.45, 7) is 10.9. The van der Waals surface area contributed by atoms with Crippen LogP contribution in [-0.4, -0.2) is 47.6 Å². The summed E-state index contributed by atoms with van der Waals surface area (Å²) in [6, 6.07) is 8.33. The molecule has 0 aliphatic carbocycles. The molecular weight excluding hydrogens is 360 g/mol. The van der Waals surface area contributed by atoms with Crippen molar-refractivity contribution in [2.75, 3.05) is 6.61 Å². The van der Waals surface area contributed by atoms with Gasteiger partial charge >= 0.3 is 12.1 Å². The van der Waals surface area contributed by atoms with Gasteiger partial charge in [-0.3, -0.25) is 4.79 Å². The third-order valence-electron chi connectivity index (χ3n) is 4.15. The van der Waals surface area contributed by atoms with Crippen LogP contribution in [0, 0.1) is 5.92 Å². The first-order valence-electron chi connectivity index (χ1n) is 9.58. The van der Waals surface area contributed by atoms with Crippen LogP contribution >= 0.6 is 0 Å². The van der Waals surface area contributed by atoms with Crippen LogP contribution in [-0.2, 0) is 25.7 Å². The van der Waals surface area contributed by atoms with Crippen LogP contribution in [0.2, 0.25) is 0 Å². The van der Waals surface area contributed by atoms with Crippen LogP contribution in [0.5, 0.6) is 0 Å². The highest BCUT2D eigenvalue weighted by molar-refractivity contribution is 5.85. The maximum Gasteiger partial charge on any atom is 0.408 e. The SMILES string of the molecule is CC(C)[C@H](NC(=O)OCc1ccccc1)C(=O)OCC(=O)N(C(C)C)C(C)C. The van der Waals surface area contributed by atoms with Crippen molar-refractivity contribution in [1.29, 1.82) is 0 Å². The van der Waals surface area contributed by atoms with Gasteiger partial charge in [0.1, 0.15) is 12.6 Å². The van der Waals surface area contributed by atoms with Gasteiger partial charge in [-0.2, -0.15) is 0 Å². The second-order valence-corrected chi connectivity index (χ2v) is 7.52. The molecule has 7 nitrogen and oxygen atoms in total. The molecule has 1 N–H and O–H groups in total. The van der Waals surface area contributed by atoms with Gasteiger partial charge in [-0.05, 0) is 39.2 Å². The fourth-order valence-electron chi connectivity index (χ4n) is 2.86. The summed E-state index contributed by atoms with van der Waals surface area (Å²) in [5, 5.41) is 2.52. The van der Waals surface area contributed by atoms with Gasteiger partial charge in [0, 0.05) is 12.1 Å². The molecule has 28 heavy (non-hydrogen) atoms. The Kier molecular flexibility index (Phi) is 9.48. The number of esters is 1. The minimum absolute atomic E-state index is 0.00168. The first-order valence-corrected chi connectivity index (χ1v) is 9.58. The third-order valence-corrected chi connectivity index (χ3v) is 4.15. The van der Waals surface area contributed by atoms with E-state index in [0.29, 0.717) is 0 Å². The Bertz CT molecular complexity index is 635. The predicted molar refractivity (Wildman–Crippen MR) is 106 cm³/mol. The summed E-state index contributed by atoms with van der Waals surface area (Å²) < 4.78 is 10.3. The number of hydrogen-bond donors (Lipinski definition) is 1. The van der Waals surface area contributed by atoms with Gasteiger partial charge in [-0.25, -0.2) is 9.59 Å². The Morgan fingerprint density at radius 1 is 0.929 bits per heavy atom. The van der Waals surface area contributed by atoms with Crippen molar-refractivity contribution in [1.82, 2.24) is 10.2 Å². The van der Waals surface area contributed by atoms with Gasteiger partial charge in [0.15, 0.2) is 6.61 Å². The van der Waals surface area contributed by atoms with Gasteiger partial charge in [0.05, 0.1) is 0 Å². The van der Waals surface area contributed by atoms with E-state index in [2.05, 4.69) is 5.32 Å². The zero-order valence-corrected chi connectivity index (χ0v) is 17.6. The number of rotatable bonds is 9. The molecular formula is C21H32N2O5. The molecule has 156 valence electrons. The van der Waals surface area contributed by atoms with E-state index in [4.69, 9.17) is 9.47 Å². The van der Waals surface area contributed by atoms with E-state index < -0.39 is 18.1 Å². The summed E-state index contributed by atoms with van der Waals surface area (Å²) in [5.74, 6) is -1.15. The summed E-state index contributed by atoms with van der Waals surface area (Å²) in [7, 11) is 0. The summed E-state index contributed by atoms with van der Waals surface area (Å²) in [4.78, 5) is 38.4. The van der Waals surface area contributed by atoms with E-state index in [9.17, 15) is 14.4 Å². The maximum atomic E-state index is 12.4. The zero-order chi connectivity index (χ0) is 21.3. The van der Waals surface area contributed by atoms with Crippen LogP contribution < -0.4 is 5.32 Å². The Morgan fingerprint density at radius 3 is 2.00 bits per heavy atom. The van der Waals surface area contributed by atoms with Gasteiger partial charge in [0.25, 0.3) is 5.91 Å². The van der Waals surface area contributed by atoms with Gasteiger partial charge < -0.3 is 19.7 Å². The largest absolute Gasteiger partial charge is 0.454 e. The van der Waals surface area contributed by atoms with Gasteiger partial charge in [0.2, 0.25) is 0 Å². The molecule has 0 fully saturated rings. The quantitative estimate of drug-likeness (QED) is 0.653. The second-order valence-electron chi connectivity index (χ2n) is 7.52. The molecule has 1 atom stereocenters. The number of alkyl carbamates (subject to hydrolysis) is 1. The Labute approximate surface area is 167 Å². The fraction of sp³-hybridized carbons (Fsp3) is 0.571. The van der Waals surface area contributed by atoms with E-state index in [1.807, 2.05) is 58.0 Å². The molecule has 0 heterocycles. The zero-order valence-electron chi connectivity index (χ0n) is 17.6. The number of nitrogens with one attached hydrogen (secondary N) is 1. The number of ether oxygens (including phenoxy) is 2. The maximum absolute atomic E-state index is 12.4. The minimum atomic E-state index is -0.900. The summed E-state index contributed by atoms with van der Waals surface area (Å²) in [5.41, 5.74) is 0.842. The second kappa shape index (κ2) is 11.3.